The Morgan fingerprint density at radius 2 is 1.64 bits per heavy atom. The van der Waals surface area contributed by atoms with Crippen molar-refractivity contribution in [3.05, 3.63) is 59.1 Å². The largest absolute Gasteiger partial charge is 0.427 e. The van der Waals surface area contributed by atoms with Crippen LogP contribution in [-0.2, 0) is 14.8 Å². The molecule has 148 valence electrons. The summed E-state index contributed by atoms with van der Waals surface area (Å²) >= 11 is 5.82. The molecule has 1 fully saturated rings. The third kappa shape index (κ3) is 4.52. The second-order valence-corrected chi connectivity index (χ2v) is 8.65. The Morgan fingerprint density at radius 3 is 2.25 bits per heavy atom. The lowest BCUT2D eigenvalue weighted by molar-refractivity contribution is -0.131. The molecule has 2 aromatic carbocycles. The molecule has 1 saturated heterocycles. The molecule has 3 rings (SSSR count). The second-order valence-electron chi connectivity index (χ2n) is 6.27. The molecule has 0 N–H and O–H groups in total. The fraction of sp³-hybridized carbons (Fsp3) is 0.263. The average Bonchev–Trinajstić information content (AvgIpc) is 2.67. The predicted octanol–water partition coefficient (Wildman–Crippen LogP) is 2.41. The van der Waals surface area contributed by atoms with Crippen LogP contribution in [0, 0.1) is 0 Å². The highest BCUT2D eigenvalue weighted by Crippen LogP contribution is 2.21. The molecule has 0 aromatic heterocycles. The van der Waals surface area contributed by atoms with E-state index < -0.39 is 16.0 Å². The van der Waals surface area contributed by atoms with Gasteiger partial charge < -0.3 is 9.64 Å². The summed E-state index contributed by atoms with van der Waals surface area (Å²) in [6, 6.07) is 12.4. The number of nitrogens with zero attached hydrogens (tertiary/aromatic N) is 2. The standard InChI is InChI=1S/C19H19ClN2O5S/c1-14(23)27-17-4-2-3-15(13-17)19(24)21-9-11-22(12-10-21)28(25,26)18-7-5-16(20)6-8-18/h2-8,13H,9-12H2,1H3. The fourth-order valence-electron chi connectivity index (χ4n) is 2.93. The Kier molecular flexibility index (Phi) is 6.02. The van der Waals surface area contributed by atoms with E-state index in [1.165, 1.54) is 41.6 Å². The SMILES string of the molecule is CC(=O)Oc1cccc(C(=O)N2CCN(S(=O)(=O)c3ccc(Cl)cc3)CC2)c1. The van der Waals surface area contributed by atoms with Crippen molar-refractivity contribution in [3.63, 3.8) is 0 Å². The van der Waals surface area contributed by atoms with Gasteiger partial charge in [-0.2, -0.15) is 4.31 Å². The zero-order valence-electron chi connectivity index (χ0n) is 15.2. The number of sulfonamides is 1. The summed E-state index contributed by atoms with van der Waals surface area (Å²) in [5.74, 6) is -0.412. The van der Waals surface area contributed by atoms with Crippen LogP contribution in [-0.4, -0.2) is 55.7 Å². The first kappa shape index (κ1) is 20.3. The van der Waals surface area contributed by atoms with Crippen LogP contribution in [0.2, 0.25) is 5.02 Å². The van der Waals surface area contributed by atoms with Crippen LogP contribution in [0.1, 0.15) is 17.3 Å². The van der Waals surface area contributed by atoms with Gasteiger partial charge in [-0.3, -0.25) is 9.59 Å². The number of amides is 1. The minimum atomic E-state index is -3.63. The molecule has 0 spiro atoms. The van der Waals surface area contributed by atoms with Crippen LogP contribution in [0.25, 0.3) is 0 Å². The minimum absolute atomic E-state index is 0.172. The van der Waals surface area contributed by atoms with Crippen LogP contribution in [0.15, 0.2) is 53.4 Å². The van der Waals surface area contributed by atoms with E-state index in [1.807, 2.05) is 0 Å². The van der Waals surface area contributed by atoms with E-state index in [0.717, 1.165) is 0 Å². The Labute approximate surface area is 168 Å². The van der Waals surface area contributed by atoms with Crippen molar-refractivity contribution >= 4 is 33.5 Å². The molecule has 0 atom stereocenters. The molecule has 0 radical (unpaired) electrons. The van der Waals surface area contributed by atoms with Crippen LogP contribution in [0.5, 0.6) is 5.75 Å². The first-order valence-electron chi connectivity index (χ1n) is 8.61. The van der Waals surface area contributed by atoms with E-state index in [-0.39, 0.29) is 37.0 Å². The highest BCUT2D eigenvalue weighted by atomic mass is 35.5. The number of benzene rings is 2. The van der Waals surface area contributed by atoms with Crippen LogP contribution < -0.4 is 4.74 Å². The molecule has 1 aliphatic rings. The highest BCUT2D eigenvalue weighted by molar-refractivity contribution is 7.89. The quantitative estimate of drug-likeness (QED) is 0.558. The van der Waals surface area contributed by atoms with Gasteiger partial charge in [0.1, 0.15) is 5.75 Å². The third-order valence-electron chi connectivity index (χ3n) is 4.32. The number of piperazine rings is 1. The van der Waals surface area contributed by atoms with Gasteiger partial charge in [-0.1, -0.05) is 17.7 Å². The summed E-state index contributed by atoms with van der Waals surface area (Å²) in [7, 11) is -3.63. The first-order chi connectivity index (χ1) is 13.3. The Bertz CT molecular complexity index is 984. The fourth-order valence-corrected chi connectivity index (χ4v) is 4.48. The summed E-state index contributed by atoms with van der Waals surface area (Å²) in [6.45, 7) is 2.21. The van der Waals surface area contributed by atoms with Gasteiger partial charge in [0.15, 0.2) is 0 Å². The van der Waals surface area contributed by atoms with Gasteiger partial charge in [0.2, 0.25) is 10.0 Å². The van der Waals surface area contributed by atoms with Gasteiger partial charge in [0, 0.05) is 43.7 Å². The molecule has 0 aliphatic carbocycles. The molecule has 0 saturated carbocycles. The van der Waals surface area contributed by atoms with Crippen LogP contribution >= 0.6 is 11.6 Å². The zero-order valence-corrected chi connectivity index (χ0v) is 16.7. The third-order valence-corrected chi connectivity index (χ3v) is 6.48. The van der Waals surface area contributed by atoms with E-state index in [9.17, 15) is 18.0 Å². The van der Waals surface area contributed by atoms with Crippen LogP contribution in [0.3, 0.4) is 0 Å². The molecule has 0 bridgehead atoms. The van der Waals surface area contributed by atoms with E-state index in [2.05, 4.69) is 0 Å². The van der Waals surface area contributed by atoms with Gasteiger partial charge in [0.05, 0.1) is 4.90 Å². The number of hydrogen-bond acceptors (Lipinski definition) is 5. The Hall–Kier alpha value is -2.42. The number of halogens is 1. The smallest absolute Gasteiger partial charge is 0.308 e. The molecule has 0 unspecified atom stereocenters. The number of rotatable bonds is 4. The number of esters is 1. The zero-order chi connectivity index (χ0) is 20.3. The maximum atomic E-state index is 12.7. The van der Waals surface area contributed by atoms with Crippen molar-refractivity contribution in [2.45, 2.75) is 11.8 Å². The summed E-state index contributed by atoms with van der Waals surface area (Å²) in [5, 5.41) is 0.463. The minimum Gasteiger partial charge on any atom is -0.427 e. The number of ether oxygens (including phenoxy) is 1. The normalized spacial score (nSPS) is 15.3. The Balaban J connectivity index is 1.67. The molecule has 28 heavy (non-hydrogen) atoms. The molecule has 1 amide bonds. The van der Waals surface area contributed by atoms with E-state index in [0.29, 0.717) is 16.3 Å². The molecular formula is C19H19ClN2O5S. The van der Waals surface area contributed by atoms with Gasteiger partial charge >= 0.3 is 5.97 Å². The van der Waals surface area contributed by atoms with Crippen LogP contribution in [0.4, 0.5) is 0 Å². The molecule has 1 heterocycles. The van der Waals surface area contributed by atoms with Crippen molar-refractivity contribution in [2.24, 2.45) is 0 Å². The van der Waals surface area contributed by atoms with Crippen molar-refractivity contribution in [1.29, 1.82) is 0 Å². The summed E-state index contributed by atoms with van der Waals surface area (Å²) < 4.78 is 31.8. The van der Waals surface area contributed by atoms with Gasteiger partial charge in [0.25, 0.3) is 5.91 Å². The van der Waals surface area contributed by atoms with Crippen molar-refractivity contribution in [1.82, 2.24) is 9.21 Å². The summed E-state index contributed by atoms with van der Waals surface area (Å²) in [5.41, 5.74) is 0.382. The topological polar surface area (TPSA) is 84.0 Å². The Morgan fingerprint density at radius 1 is 1.00 bits per heavy atom. The lowest BCUT2D eigenvalue weighted by Crippen LogP contribution is -2.50. The predicted molar refractivity (Wildman–Crippen MR) is 104 cm³/mol. The van der Waals surface area contributed by atoms with Crippen molar-refractivity contribution in [2.75, 3.05) is 26.2 Å². The molecule has 1 aliphatic heterocycles. The molecule has 2 aromatic rings. The highest BCUT2D eigenvalue weighted by Gasteiger charge is 2.30. The van der Waals surface area contributed by atoms with Crippen molar-refractivity contribution < 1.29 is 22.7 Å². The summed E-state index contributed by atoms with van der Waals surface area (Å²) in [4.78, 5) is 25.5. The average molecular weight is 423 g/mol. The summed E-state index contributed by atoms with van der Waals surface area (Å²) in [6.07, 6.45) is 0. The molecule has 7 nitrogen and oxygen atoms in total. The lowest BCUT2D eigenvalue weighted by atomic mass is 10.1. The van der Waals surface area contributed by atoms with E-state index in [4.69, 9.17) is 16.3 Å². The van der Waals surface area contributed by atoms with Gasteiger partial charge in [-0.15, -0.1) is 0 Å². The number of hydrogen-bond donors (Lipinski definition) is 0. The number of carbonyl (C=O) groups excluding carboxylic acids is 2. The number of carbonyl (C=O) groups is 2. The van der Waals surface area contributed by atoms with E-state index >= 15 is 0 Å². The van der Waals surface area contributed by atoms with Gasteiger partial charge in [-0.25, -0.2) is 8.42 Å². The van der Waals surface area contributed by atoms with E-state index in [1.54, 1.807) is 23.1 Å². The lowest BCUT2D eigenvalue weighted by Gasteiger charge is -2.34. The molecular weight excluding hydrogens is 404 g/mol. The molecule has 9 heteroatoms. The van der Waals surface area contributed by atoms with Crippen molar-refractivity contribution in [3.8, 4) is 5.75 Å². The first-order valence-corrected chi connectivity index (χ1v) is 10.4. The second kappa shape index (κ2) is 8.30. The maximum Gasteiger partial charge on any atom is 0.308 e. The monoisotopic (exact) mass is 422 g/mol. The maximum absolute atomic E-state index is 12.7. The van der Waals surface area contributed by atoms with Gasteiger partial charge in [-0.05, 0) is 42.5 Å².